The van der Waals surface area contributed by atoms with Gasteiger partial charge in [-0.25, -0.2) is 9.97 Å². The quantitative estimate of drug-likeness (QED) is 0.589. The number of hydrogen-bond acceptors (Lipinski definition) is 5. The number of thioether (sulfide) groups is 1. The van der Waals surface area contributed by atoms with E-state index < -0.39 is 0 Å². The van der Waals surface area contributed by atoms with E-state index in [1.54, 1.807) is 11.8 Å². The molecule has 1 aromatic rings. The molecule has 1 aromatic heterocycles. The van der Waals surface area contributed by atoms with Crippen LogP contribution in [-0.2, 0) is 0 Å². The Kier molecular flexibility index (Phi) is 6.43. The summed E-state index contributed by atoms with van der Waals surface area (Å²) in [4.78, 5) is 8.93. The molecular weight excluding hydrogens is 246 g/mol. The summed E-state index contributed by atoms with van der Waals surface area (Å²) in [7, 11) is 0. The van der Waals surface area contributed by atoms with Crippen molar-refractivity contribution in [2.45, 2.75) is 50.8 Å². The molecule has 5 heteroatoms. The number of aryl methyl sites for hydroxylation is 1. The van der Waals surface area contributed by atoms with Gasteiger partial charge in [0.2, 0.25) is 0 Å². The predicted octanol–water partition coefficient (Wildman–Crippen LogP) is 2.78. The van der Waals surface area contributed by atoms with E-state index in [1.807, 2.05) is 13.8 Å². The molecule has 0 aliphatic carbocycles. The van der Waals surface area contributed by atoms with Crippen LogP contribution in [0, 0.1) is 13.8 Å². The molecular formula is C13H23N3OS. The Balaban J connectivity index is 2.86. The van der Waals surface area contributed by atoms with E-state index in [4.69, 9.17) is 5.11 Å². The third kappa shape index (κ3) is 4.46. The van der Waals surface area contributed by atoms with Gasteiger partial charge in [0.1, 0.15) is 16.7 Å². The zero-order chi connectivity index (χ0) is 13.5. The molecule has 0 spiro atoms. The maximum absolute atomic E-state index is 8.95. The maximum atomic E-state index is 8.95. The summed E-state index contributed by atoms with van der Waals surface area (Å²) in [6.07, 6.45) is 1.86. The number of rotatable bonds is 7. The Bertz CT molecular complexity index is 385. The highest BCUT2D eigenvalue weighted by Gasteiger charge is 2.12. The van der Waals surface area contributed by atoms with Gasteiger partial charge in [0, 0.05) is 24.0 Å². The van der Waals surface area contributed by atoms with Gasteiger partial charge in [-0.2, -0.15) is 0 Å². The lowest BCUT2D eigenvalue weighted by atomic mass is 10.3. The van der Waals surface area contributed by atoms with Crippen LogP contribution in [0.4, 0.5) is 5.82 Å². The minimum Gasteiger partial charge on any atom is -0.396 e. The minimum atomic E-state index is 0.220. The highest BCUT2D eigenvalue weighted by atomic mass is 32.2. The highest BCUT2D eigenvalue weighted by molar-refractivity contribution is 7.99. The van der Waals surface area contributed by atoms with Gasteiger partial charge in [-0.05, 0) is 26.7 Å². The maximum Gasteiger partial charge on any atom is 0.133 e. The zero-order valence-electron chi connectivity index (χ0n) is 11.7. The number of aliphatic hydroxyl groups is 1. The topological polar surface area (TPSA) is 58.0 Å². The van der Waals surface area contributed by atoms with E-state index in [0.717, 1.165) is 41.6 Å². The van der Waals surface area contributed by atoms with Crippen LogP contribution >= 0.6 is 11.8 Å². The molecule has 2 N–H and O–H groups in total. The van der Waals surface area contributed by atoms with Gasteiger partial charge in [-0.1, -0.05) is 13.8 Å². The van der Waals surface area contributed by atoms with Gasteiger partial charge >= 0.3 is 0 Å². The highest BCUT2D eigenvalue weighted by Crippen LogP contribution is 2.29. The summed E-state index contributed by atoms with van der Waals surface area (Å²) in [5.41, 5.74) is 1.10. The molecule has 102 valence electrons. The Morgan fingerprint density at radius 1 is 1.33 bits per heavy atom. The SMILES string of the molecule is CCCNc1nc(C)nc(SC(C)CCO)c1C. The fourth-order valence-electron chi connectivity index (χ4n) is 1.56. The first-order chi connectivity index (χ1) is 8.58. The number of aromatic nitrogens is 2. The van der Waals surface area contributed by atoms with Crippen LogP contribution in [0.25, 0.3) is 0 Å². The van der Waals surface area contributed by atoms with Gasteiger partial charge in [-0.3, -0.25) is 0 Å². The van der Waals surface area contributed by atoms with Gasteiger partial charge in [-0.15, -0.1) is 11.8 Å². The Hall–Kier alpha value is -0.810. The summed E-state index contributed by atoms with van der Waals surface area (Å²) in [6, 6.07) is 0. The van der Waals surface area contributed by atoms with Crippen LogP contribution in [0.1, 0.15) is 38.1 Å². The largest absolute Gasteiger partial charge is 0.396 e. The first-order valence-corrected chi connectivity index (χ1v) is 7.33. The lowest BCUT2D eigenvalue weighted by molar-refractivity contribution is 0.289. The Morgan fingerprint density at radius 2 is 2.06 bits per heavy atom. The lowest BCUT2D eigenvalue weighted by Crippen LogP contribution is -2.08. The monoisotopic (exact) mass is 269 g/mol. The van der Waals surface area contributed by atoms with Crippen LogP contribution in [0.5, 0.6) is 0 Å². The van der Waals surface area contributed by atoms with Crippen LogP contribution in [0.15, 0.2) is 5.03 Å². The van der Waals surface area contributed by atoms with Crippen molar-refractivity contribution in [3.05, 3.63) is 11.4 Å². The average molecular weight is 269 g/mol. The minimum absolute atomic E-state index is 0.220. The van der Waals surface area contributed by atoms with E-state index in [9.17, 15) is 0 Å². The lowest BCUT2D eigenvalue weighted by Gasteiger charge is -2.14. The van der Waals surface area contributed by atoms with Crippen molar-refractivity contribution in [1.29, 1.82) is 0 Å². The molecule has 1 atom stereocenters. The summed E-state index contributed by atoms with van der Waals surface area (Å²) in [5, 5.41) is 13.7. The van der Waals surface area contributed by atoms with Crippen molar-refractivity contribution in [2.24, 2.45) is 0 Å². The summed E-state index contributed by atoms with van der Waals surface area (Å²) in [5.74, 6) is 1.72. The van der Waals surface area contributed by atoms with Crippen LogP contribution < -0.4 is 5.32 Å². The van der Waals surface area contributed by atoms with Gasteiger partial charge < -0.3 is 10.4 Å². The van der Waals surface area contributed by atoms with Crippen LogP contribution in [0.2, 0.25) is 0 Å². The van der Waals surface area contributed by atoms with E-state index in [-0.39, 0.29) is 6.61 Å². The molecule has 0 amide bonds. The van der Waals surface area contributed by atoms with Crippen molar-refractivity contribution in [3.8, 4) is 0 Å². The van der Waals surface area contributed by atoms with Gasteiger partial charge in [0.25, 0.3) is 0 Å². The second kappa shape index (κ2) is 7.59. The molecule has 18 heavy (non-hydrogen) atoms. The third-order valence-corrected chi connectivity index (χ3v) is 3.86. The Morgan fingerprint density at radius 3 is 2.67 bits per heavy atom. The second-order valence-corrected chi connectivity index (χ2v) is 5.84. The predicted molar refractivity (Wildman–Crippen MR) is 77.3 cm³/mol. The standard InChI is InChI=1S/C13H23N3OS/c1-5-7-14-12-10(3)13(16-11(4)15-12)18-9(2)6-8-17/h9,17H,5-8H2,1-4H3,(H,14,15,16). The molecule has 0 aliphatic rings. The number of nitrogens with one attached hydrogen (secondary N) is 1. The van der Waals surface area contributed by atoms with Gasteiger partial charge in [0.15, 0.2) is 0 Å². The smallest absolute Gasteiger partial charge is 0.133 e. The third-order valence-electron chi connectivity index (χ3n) is 2.60. The van der Waals surface area contributed by atoms with Crippen molar-refractivity contribution < 1.29 is 5.11 Å². The molecule has 0 radical (unpaired) electrons. The van der Waals surface area contributed by atoms with E-state index in [0.29, 0.717) is 5.25 Å². The zero-order valence-corrected chi connectivity index (χ0v) is 12.5. The van der Waals surface area contributed by atoms with Gasteiger partial charge in [0.05, 0.1) is 0 Å². The fourth-order valence-corrected chi connectivity index (χ4v) is 2.63. The number of anilines is 1. The molecule has 1 unspecified atom stereocenters. The summed E-state index contributed by atoms with van der Waals surface area (Å²) >= 11 is 1.71. The molecule has 1 rings (SSSR count). The van der Waals surface area contributed by atoms with E-state index >= 15 is 0 Å². The molecule has 1 heterocycles. The first-order valence-electron chi connectivity index (χ1n) is 6.45. The molecule has 0 fully saturated rings. The second-order valence-electron chi connectivity index (χ2n) is 4.42. The average Bonchev–Trinajstić information content (AvgIpc) is 2.31. The normalized spacial score (nSPS) is 12.5. The molecule has 4 nitrogen and oxygen atoms in total. The number of nitrogens with zero attached hydrogens (tertiary/aromatic N) is 2. The Labute approximate surface area is 114 Å². The van der Waals surface area contributed by atoms with Crippen LogP contribution in [0.3, 0.4) is 0 Å². The molecule has 0 aromatic carbocycles. The number of aliphatic hydroxyl groups excluding tert-OH is 1. The number of hydrogen-bond donors (Lipinski definition) is 2. The molecule has 0 bridgehead atoms. The van der Waals surface area contributed by atoms with Crippen molar-refractivity contribution >= 4 is 17.6 Å². The first kappa shape index (κ1) is 15.2. The molecule has 0 saturated heterocycles. The van der Waals surface area contributed by atoms with Crippen molar-refractivity contribution in [2.75, 3.05) is 18.5 Å². The molecule has 0 saturated carbocycles. The van der Waals surface area contributed by atoms with Crippen LogP contribution in [-0.4, -0.2) is 33.5 Å². The van der Waals surface area contributed by atoms with E-state index in [2.05, 4.69) is 29.1 Å². The summed E-state index contributed by atoms with van der Waals surface area (Å²) in [6.45, 7) is 9.35. The van der Waals surface area contributed by atoms with E-state index in [1.165, 1.54) is 0 Å². The fraction of sp³-hybridized carbons (Fsp3) is 0.692. The van der Waals surface area contributed by atoms with Crippen molar-refractivity contribution in [3.63, 3.8) is 0 Å². The molecule has 0 aliphatic heterocycles. The summed E-state index contributed by atoms with van der Waals surface area (Å²) < 4.78 is 0. The van der Waals surface area contributed by atoms with Crippen molar-refractivity contribution in [1.82, 2.24) is 9.97 Å².